The molecule has 0 aliphatic heterocycles. The summed E-state index contributed by atoms with van der Waals surface area (Å²) in [5.41, 5.74) is 1.25. The largest absolute Gasteiger partial charge is 0.422 e. The Kier molecular flexibility index (Phi) is 3.71. The van der Waals surface area contributed by atoms with Crippen LogP contribution in [-0.4, -0.2) is 45.5 Å². The highest BCUT2D eigenvalue weighted by molar-refractivity contribution is 5.80. The number of nitrogens with one attached hydrogen (secondary N) is 1. The second kappa shape index (κ2) is 5.13. The molecule has 2 aromatic heterocycles. The highest BCUT2D eigenvalue weighted by atomic mass is 16.4. The summed E-state index contributed by atoms with van der Waals surface area (Å²) in [5.74, 6) is 1.32. The van der Waals surface area contributed by atoms with E-state index in [2.05, 4.69) is 53.0 Å². The fourth-order valence-corrected chi connectivity index (χ4v) is 1.85. The molecule has 0 aliphatic carbocycles. The summed E-state index contributed by atoms with van der Waals surface area (Å²) in [6, 6.07) is 0. The lowest BCUT2D eigenvalue weighted by molar-refractivity contribution is 0.178. The van der Waals surface area contributed by atoms with Gasteiger partial charge in [0.1, 0.15) is 6.33 Å². The van der Waals surface area contributed by atoms with Crippen LogP contribution in [0.15, 0.2) is 10.7 Å². The van der Waals surface area contributed by atoms with Crippen molar-refractivity contribution in [1.82, 2.24) is 19.9 Å². The SMILES string of the molecule is CCN(C)C(C)(C)CNc1ncnc2oc(C)nc12. The van der Waals surface area contributed by atoms with E-state index >= 15 is 0 Å². The zero-order chi connectivity index (χ0) is 14.0. The topological polar surface area (TPSA) is 67.1 Å². The molecule has 0 spiro atoms. The predicted octanol–water partition coefficient (Wildman–Crippen LogP) is 2.07. The quantitative estimate of drug-likeness (QED) is 0.890. The van der Waals surface area contributed by atoms with Gasteiger partial charge in [-0.3, -0.25) is 4.90 Å². The fraction of sp³-hybridized carbons (Fsp3) is 0.615. The van der Waals surface area contributed by atoms with E-state index in [1.807, 2.05) is 0 Å². The molecular formula is C13H21N5O. The Hall–Kier alpha value is -1.69. The second-order valence-electron chi connectivity index (χ2n) is 5.29. The Morgan fingerprint density at radius 2 is 2.11 bits per heavy atom. The smallest absolute Gasteiger partial charge is 0.252 e. The average Bonchev–Trinajstić information content (AvgIpc) is 2.75. The van der Waals surface area contributed by atoms with Crippen molar-refractivity contribution in [2.24, 2.45) is 0 Å². The van der Waals surface area contributed by atoms with Crippen molar-refractivity contribution in [2.45, 2.75) is 33.2 Å². The molecule has 0 aromatic carbocycles. The summed E-state index contributed by atoms with van der Waals surface area (Å²) in [7, 11) is 2.11. The first-order valence-corrected chi connectivity index (χ1v) is 6.47. The maximum absolute atomic E-state index is 5.40. The Morgan fingerprint density at radius 1 is 1.37 bits per heavy atom. The van der Waals surface area contributed by atoms with Crippen LogP contribution in [0.25, 0.3) is 11.2 Å². The van der Waals surface area contributed by atoms with Crippen molar-refractivity contribution in [3.8, 4) is 0 Å². The van der Waals surface area contributed by atoms with E-state index in [0.717, 1.165) is 18.9 Å². The monoisotopic (exact) mass is 263 g/mol. The van der Waals surface area contributed by atoms with Gasteiger partial charge in [0, 0.05) is 19.0 Å². The van der Waals surface area contributed by atoms with Gasteiger partial charge in [0.2, 0.25) is 0 Å². The first-order valence-electron chi connectivity index (χ1n) is 6.47. The number of hydrogen-bond donors (Lipinski definition) is 1. The van der Waals surface area contributed by atoms with Crippen LogP contribution in [0.5, 0.6) is 0 Å². The molecule has 0 amide bonds. The van der Waals surface area contributed by atoms with Gasteiger partial charge in [-0.1, -0.05) is 6.92 Å². The third-order valence-electron chi connectivity index (χ3n) is 3.50. The zero-order valence-electron chi connectivity index (χ0n) is 12.2. The van der Waals surface area contributed by atoms with Gasteiger partial charge in [-0.15, -0.1) is 0 Å². The van der Waals surface area contributed by atoms with E-state index < -0.39 is 0 Å². The minimum absolute atomic E-state index is 0.0325. The molecule has 1 N–H and O–H groups in total. The van der Waals surface area contributed by atoms with E-state index in [0.29, 0.717) is 17.1 Å². The molecule has 6 nitrogen and oxygen atoms in total. The summed E-state index contributed by atoms with van der Waals surface area (Å²) >= 11 is 0. The van der Waals surface area contributed by atoms with E-state index in [4.69, 9.17) is 4.42 Å². The van der Waals surface area contributed by atoms with Gasteiger partial charge < -0.3 is 9.73 Å². The van der Waals surface area contributed by atoms with E-state index in [1.54, 1.807) is 6.92 Å². The minimum Gasteiger partial charge on any atom is -0.422 e. The maximum atomic E-state index is 5.40. The summed E-state index contributed by atoms with van der Waals surface area (Å²) in [5, 5.41) is 3.34. The normalized spacial score (nSPS) is 12.3. The van der Waals surface area contributed by atoms with Gasteiger partial charge in [-0.2, -0.15) is 4.98 Å². The molecule has 0 aliphatic rings. The van der Waals surface area contributed by atoms with Gasteiger partial charge in [-0.25, -0.2) is 9.97 Å². The molecule has 0 saturated heterocycles. The van der Waals surface area contributed by atoms with Crippen LogP contribution >= 0.6 is 0 Å². The molecule has 19 heavy (non-hydrogen) atoms. The lowest BCUT2D eigenvalue weighted by Gasteiger charge is -2.35. The first kappa shape index (κ1) is 13.7. The Bertz CT molecular complexity index is 563. The van der Waals surface area contributed by atoms with Crippen molar-refractivity contribution in [2.75, 3.05) is 25.5 Å². The number of hydrogen-bond acceptors (Lipinski definition) is 6. The summed E-state index contributed by atoms with van der Waals surface area (Å²) < 4.78 is 5.40. The number of nitrogens with zero attached hydrogens (tertiary/aromatic N) is 4. The molecule has 0 radical (unpaired) electrons. The molecule has 0 saturated carbocycles. The van der Waals surface area contributed by atoms with Crippen LogP contribution in [0.3, 0.4) is 0 Å². The summed E-state index contributed by atoms with van der Waals surface area (Å²) in [6.45, 7) is 10.1. The second-order valence-corrected chi connectivity index (χ2v) is 5.29. The van der Waals surface area contributed by atoms with Gasteiger partial charge in [0.25, 0.3) is 5.71 Å². The molecule has 2 aromatic rings. The molecule has 6 heteroatoms. The standard InChI is InChI=1S/C13H21N5O/c1-6-18(5)13(3,4)7-14-11-10-12(16-8-15-11)19-9(2)17-10/h8H,6-7H2,1-5H3,(H,14,15,16). The number of aromatic nitrogens is 3. The highest BCUT2D eigenvalue weighted by Gasteiger charge is 2.22. The van der Waals surface area contributed by atoms with Crippen molar-refractivity contribution in [3.05, 3.63) is 12.2 Å². The zero-order valence-corrected chi connectivity index (χ0v) is 12.2. The molecule has 0 bridgehead atoms. The van der Waals surface area contributed by atoms with Crippen LogP contribution in [0, 0.1) is 6.92 Å². The first-order chi connectivity index (χ1) is 8.94. The lowest BCUT2D eigenvalue weighted by Crippen LogP contribution is -2.46. The van der Waals surface area contributed by atoms with Crippen LogP contribution in [0.4, 0.5) is 5.82 Å². The number of oxazole rings is 1. The van der Waals surface area contributed by atoms with Gasteiger partial charge in [0.15, 0.2) is 17.2 Å². The van der Waals surface area contributed by atoms with Crippen LogP contribution in [-0.2, 0) is 0 Å². The maximum Gasteiger partial charge on any atom is 0.252 e. The van der Waals surface area contributed by atoms with E-state index in [9.17, 15) is 0 Å². The number of anilines is 1. The van der Waals surface area contributed by atoms with Crippen molar-refractivity contribution >= 4 is 17.0 Å². The van der Waals surface area contributed by atoms with Crippen molar-refractivity contribution in [1.29, 1.82) is 0 Å². The fourth-order valence-electron chi connectivity index (χ4n) is 1.85. The number of aryl methyl sites for hydroxylation is 1. The summed E-state index contributed by atoms with van der Waals surface area (Å²) in [6.07, 6.45) is 1.49. The van der Waals surface area contributed by atoms with E-state index in [-0.39, 0.29) is 5.54 Å². The summed E-state index contributed by atoms with van der Waals surface area (Å²) in [4.78, 5) is 14.9. The Balaban J connectivity index is 2.18. The van der Waals surface area contributed by atoms with E-state index in [1.165, 1.54) is 6.33 Å². The molecular weight excluding hydrogens is 242 g/mol. The number of rotatable bonds is 5. The van der Waals surface area contributed by atoms with Crippen LogP contribution in [0.2, 0.25) is 0 Å². The third kappa shape index (κ3) is 2.84. The van der Waals surface area contributed by atoms with Crippen molar-refractivity contribution < 1.29 is 4.42 Å². The van der Waals surface area contributed by atoms with Crippen LogP contribution < -0.4 is 5.32 Å². The predicted molar refractivity (Wildman–Crippen MR) is 75.2 cm³/mol. The molecule has 2 heterocycles. The highest BCUT2D eigenvalue weighted by Crippen LogP contribution is 2.20. The number of likely N-dealkylation sites (N-methyl/N-ethyl adjacent to an activating group) is 1. The Labute approximate surface area is 113 Å². The number of fused-ring (bicyclic) bond motifs is 1. The van der Waals surface area contributed by atoms with Gasteiger partial charge in [0.05, 0.1) is 0 Å². The minimum atomic E-state index is 0.0325. The lowest BCUT2D eigenvalue weighted by atomic mass is 10.0. The van der Waals surface area contributed by atoms with Gasteiger partial charge in [-0.05, 0) is 27.4 Å². The van der Waals surface area contributed by atoms with Gasteiger partial charge >= 0.3 is 0 Å². The molecule has 104 valence electrons. The van der Waals surface area contributed by atoms with Crippen molar-refractivity contribution in [3.63, 3.8) is 0 Å². The average molecular weight is 263 g/mol. The molecule has 2 rings (SSSR count). The molecule has 0 atom stereocenters. The Morgan fingerprint density at radius 3 is 2.79 bits per heavy atom. The molecule has 0 fully saturated rings. The molecule has 0 unspecified atom stereocenters. The van der Waals surface area contributed by atoms with Crippen LogP contribution in [0.1, 0.15) is 26.7 Å². The third-order valence-corrected chi connectivity index (χ3v) is 3.50.